The third kappa shape index (κ3) is 4.62. The van der Waals surface area contributed by atoms with Gasteiger partial charge in [-0.1, -0.05) is 48.0 Å². The van der Waals surface area contributed by atoms with Crippen LogP contribution in [0.3, 0.4) is 0 Å². The summed E-state index contributed by atoms with van der Waals surface area (Å²) in [6.07, 6.45) is 1.57. The maximum Gasteiger partial charge on any atom is 0.291 e. The lowest BCUT2D eigenvalue weighted by Crippen LogP contribution is -2.46. The first-order valence-electron chi connectivity index (χ1n) is 10.7. The first kappa shape index (κ1) is 21.1. The Balaban J connectivity index is 1.37. The van der Waals surface area contributed by atoms with Crippen molar-refractivity contribution in [2.75, 3.05) is 18.4 Å². The van der Waals surface area contributed by atoms with Crippen molar-refractivity contribution >= 4 is 17.4 Å². The predicted molar refractivity (Wildman–Crippen MR) is 121 cm³/mol. The van der Waals surface area contributed by atoms with Crippen molar-refractivity contribution in [2.45, 2.75) is 38.6 Å². The number of ketones is 1. The molecule has 31 heavy (non-hydrogen) atoms. The number of rotatable bonds is 6. The van der Waals surface area contributed by atoms with E-state index in [0.29, 0.717) is 12.3 Å². The topological polar surface area (TPSA) is 62.6 Å². The van der Waals surface area contributed by atoms with Crippen LogP contribution in [-0.2, 0) is 16.8 Å². The number of furan rings is 1. The fourth-order valence-electron chi connectivity index (χ4n) is 4.33. The fraction of sp³-hybridized carbons (Fsp3) is 0.308. The van der Waals surface area contributed by atoms with Crippen molar-refractivity contribution in [1.29, 1.82) is 0 Å². The van der Waals surface area contributed by atoms with Gasteiger partial charge < -0.3 is 9.73 Å². The Morgan fingerprint density at radius 3 is 2.29 bits per heavy atom. The minimum Gasteiger partial charge on any atom is -0.455 e. The Morgan fingerprint density at radius 2 is 1.65 bits per heavy atom. The highest BCUT2D eigenvalue weighted by atomic mass is 16.4. The molecule has 0 aliphatic carbocycles. The average Bonchev–Trinajstić information content (AvgIpc) is 3.25. The first-order chi connectivity index (χ1) is 15.0. The molecule has 160 valence electrons. The van der Waals surface area contributed by atoms with Crippen LogP contribution < -0.4 is 5.32 Å². The lowest BCUT2D eigenvalue weighted by atomic mass is 9.70. The number of carbonyl (C=O) groups is 2. The number of hydrogen-bond donors (Lipinski definition) is 1. The molecule has 4 rings (SSSR count). The van der Waals surface area contributed by atoms with Gasteiger partial charge in [-0.05, 0) is 69.6 Å². The molecule has 0 atom stereocenters. The molecule has 0 spiro atoms. The van der Waals surface area contributed by atoms with E-state index in [9.17, 15) is 9.59 Å². The standard InChI is InChI=1S/C26H28N2O3/c1-19-8-10-22(11-9-19)27-25(30)24-13-12-23(31-24)18-28-16-14-26(15-17-28,20(2)29)21-6-4-3-5-7-21/h3-13H,14-18H2,1-2H3,(H,27,30). The van der Waals surface area contributed by atoms with Crippen LogP contribution in [0.5, 0.6) is 0 Å². The molecule has 1 N–H and O–H groups in total. The lowest BCUT2D eigenvalue weighted by molar-refractivity contribution is -0.124. The monoisotopic (exact) mass is 416 g/mol. The van der Waals surface area contributed by atoms with Crippen molar-refractivity contribution in [3.63, 3.8) is 0 Å². The highest BCUT2D eigenvalue weighted by Crippen LogP contribution is 2.36. The number of nitrogens with one attached hydrogen (secondary N) is 1. The number of hydrogen-bond acceptors (Lipinski definition) is 4. The molecule has 1 saturated heterocycles. The Morgan fingerprint density at radius 1 is 0.968 bits per heavy atom. The summed E-state index contributed by atoms with van der Waals surface area (Å²) in [5, 5.41) is 2.86. The maximum atomic E-state index is 12.6. The quantitative estimate of drug-likeness (QED) is 0.617. The highest BCUT2D eigenvalue weighted by molar-refractivity contribution is 6.02. The van der Waals surface area contributed by atoms with E-state index in [4.69, 9.17) is 4.42 Å². The zero-order valence-corrected chi connectivity index (χ0v) is 18.1. The van der Waals surface area contributed by atoms with Crippen LogP contribution in [0.25, 0.3) is 0 Å². The number of nitrogens with zero attached hydrogens (tertiary/aromatic N) is 1. The maximum absolute atomic E-state index is 12.6. The molecule has 1 aliphatic heterocycles. The summed E-state index contributed by atoms with van der Waals surface area (Å²) in [7, 11) is 0. The molecule has 0 saturated carbocycles. The molecule has 0 radical (unpaired) electrons. The van der Waals surface area contributed by atoms with Gasteiger partial charge in [0.1, 0.15) is 11.5 Å². The lowest BCUT2D eigenvalue weighted by Gasteiger charge is -2.40. The van der Waals surface area contributed by atoms with Crippen LogP contribution in [-0.4, -0.2) is 29.7 Å². The van der Waals surface area contributed by atoms with Crippen LogP contribution in [0.4, 0.5) is 5.69 Å². The number of likely N-dealkylation sites (tertiary alicyclic amines) is 1. The number of anilines is 1. The minimum atomic E-state index is -0.403. The van der Waals surface area contributed by atoms with E-state index in [1.54, 1.807) is 13.0 Å². The largest absolute Gasteiger partial charge is 0.455 e. The summed E-state index contributed by atoms with van der Waals surface area (Å²) >= 11 is 0. The van der Waals surface area contributed by atoms with Crippen LogP contribution in [0.1, 0.15) is 47.2 Å². The summed E-state index contributed by atoms with van der Waals surface area (Å²) in [5.41, 5.74) is 2.59. The summed E-state index contributed by atoms with van der Waals surface area (Å²) in [5.74, 6) is 1.03. The van der Waals surface area contributed by atoms with Crippen LogP contribution >= 0.6 is 0 Å². The molecule has 5 nitrogen and oxygen atoms in total. The molecule has 3 aromatic rings. The van der Waals surface area contributed by atoms with Gasteiger partial charge in [-0.2, -0.15) is 0 Å². The molecule has 1 amide bonds. The van der Waals surface area contributed by atoms with Gasteiger partial charge in [0, 0.05) is 5.69 Å². The van der Waals surface area contributed by atoms with E-state index < -0.39 is 5.41 Å². The second kappa shape index (κ2) is 8.90. The molecule has 2 aromatic carbocycles. The molecule has 5 heteroatoms. The van der Waals surface area contributed by atoms with Crippen molar-refractivity contribution in [2.24, 2.45) is 0 Å². The summed E-state index contributed by atoms with van der Waals surface area (Å²) in [4.78, 5) is 27.3. The van der Waals surface area contributed by atoms with Gasteiger partial charge >= 0.3 is 0 Å². The molecule has 1 fully saturated rings. The normalized spacial score (nSPS) is 16.1. The molecule has 2 heterocycles. The van der Waals surface area contributed by atoms with Crippen molar-refractivity contribution < 1.29 is 14.0 Å². The minimum absolute atomic E-state index is 0.228. The Bertz CT molecular complexity index is 1050. The summed E-state index contributed by atoms with van der Waals surface area (Å²) in [6.45, 7) is 5.94. The molecule has 1 aliphatic rings. The smallest absolute Gasteiger partial charge is 0.291 e. The van der Waals surface area contributed by atoms with E-state index in [0.717, 1.165) is 48.5 Å². The number of amides is 1. The van der Waals surface area contributed by atoms with Gasteiger partial charge in [0.05, 0.1) is 12.0 Å². The number of aryl methyl sites for hydroxylation is 1. The number of piperidine rings is 1. The highest BCUT2D eigenvalue weighted by Gasteiger charge is 2.40. The van der Waals surface area contributed by atoms with Gasteiger partial charge in [-0.25, -0.2) is 0 Å². The van der Waals surface area contributed by atoms with Crippen LogP contribution in [0.2, 0.25) is 0 Å². The van der Waals surface area contributed by atoms with Gasteiger partial charge in [0.15, 0.2) is 5.76 Å². The summed E-state index contributed by atoms with van der Waals surface area (Å²) < 4.78 is 5.81. The molecule has 0 bridgehead atoms. The molecular weight excluding hydrogens is 388 g/mol. The summed E-state index contributed by atoms with van der Waals surface area (Å²) in [6, 6.07) is 21.3. The number of benzene rings is 2. The second-order valence-electron chi connectivity index (χ2n) is 8.37. The van der Waals surface area contributed by atoms with Gasteiger partial charge in [0.25, 0.3) is 5.91 Å². The van der Waals surface area contributed by atoms with E-state index in [-0.39, 0.29) is 11.7 Å². The van der Waals surface area contributed by atoms with Gasteiger partial charge in [-0.3, -0.25) is 14.5 Å². The zero-order chi connectivity index (χ0) is 21.8. The van der Waals surface area contributed by atoms with Crippen molar-refractivity contribution in [3.05, 3.63) is 89.4 Å². The third-order valence-electron chi connectivity index (χ3n) is 6.28. The molecule has 0 unspecified atom stereocenters. The molecule has 1 aromatic heterocycles. The zero-order valence-electron chi connectivity index (χ0n) is 18.1. The van der Waals surface area contributed by atoms with Crippen molar-refractivity contribution in [3.8, 4) is 0 Å². The average molecular weight is 417 g/mol. The van der Waals surface area contributed by atoms with Crippen molar-refractivity contribution in [1.82, 2.24) is 4.90 Å². The van der Waals surface area contributed by atoms with Gasteiger partial charge in [-0.15, -0.1) is 0 Å². The van der Waals surface area contributed by atoms with E-state index in [1.807, 2.05) is 55.5 Å². The van der Waals surface area contributed by atoms with Crippen LogP contribution in [0, 0.1) is 6.92 Å². The Hall–Kier alpha value is -3.18. The number of carbonyl (C=O) groups excluding carboxylic acids is 2. The van der Waals surface area contributed by atoms with Gasteiger partial charge in [0.2, 0.25) is 0 Å². The molecular formula is C26H28N2O3. The number of Topliss-reactive ketones (excluding diaryl/α,β-unsaturated/α-hetero) is 1. The predicted octanol–water partition coefficient (Wildman–Crippen LogP) is 4.96. The van der Waals surface area contributed by atoms with E-state index >= 15 is 0 Å². The Labute approximate surface area is 183 Å². The van der Waals surface area contributed by atoms with Crippen LogP contribution in [0.15, 0.2) is 71.1 Å². The van der Waals surface area contributed by atoms with E-state index in [2.05, 4.69) is 22.3 Å². The fourth-order valence-corrected chi connectivity index (χ4v) is 4.33. The SMILES string of the molecule is CC(=O)C1(c2ccccc2)CCN(Cc2ccc(C(=O)Nc3ccc(C)cc3)o2)CC1. The first-order valence-corrected chi connectivity index (χ1v) is 10.7. The van der Waals surface area contributed by atoms with E-state index in [1.165, 1.54) is 0 Å². The third-order valence-corrected chi connectivity index (χ3v) is 6.28. The second-order valence-corrected chi connectivity index (χ2v) is 8.37. The Kier molecular flexibility index (Phi) is 6.05.